The van der Waals surface area contributed by atoms with E-state index in [-0.39, 0.29) is 22.4 Å². The lowest BCUT2D eigenvalue weighted by Crippen LogP contribution is -2.14. The number of carbonyl (C=O) groups excluding carboxylic acids is 2. The van der Waals surface area contributed by atoms with Crippen LogP contribution in [0.15, 0.2) is 61.2 Å². The van der Waals surface area contributed by atoms with Crippen molar-refractivity contribution in [1.29, 1.82) is 0 Å². The van der Waals surface area contributed by atoms with Gasteiger partial charge < -0.3 is 5.32 Å². The summed E-state index contributed by atoms with van der Waals surface area (Å²) in [5, 5.41) is 11.9. The van der Waals surface area contributed by atoms with Gasteiger partial charge in [-0.3, -0.25) is 19.0 Å². The van der Waals surface area contributed by atoms with Crippen LogP contribution in [0.1, 0.15) is 50.6 Å². The van der Waals surface area contributed by atoms with Gasteiger partial charge in [-0.2, -0.15) is 28.5 Å². The van der Waals surface area contributed by atoms with Crippen molar-refractivity contribution in [3.63, 3.8) is 0 Å². The standard InChI is InChI=1S/C21H14F6N6O.C6H5ClF2N2O/c1-32-10-13(17(31-32)18(23)24)20(34)29-15-5-3-2-4-12(15)11-8-14(22)19(28-9-11)33-7-6-16(30-33)21(25,26)27;1-11-2-3(5(7)12)4(10-11)6(8)9/h2-10,18H,1H3,(H,29,34);2,6H,1H3. The van der Waals surface area contributed by atoms with E-state index in [2.05, 4.69) is 25.6 Å². The summed E-state index contributed by atoms with van der Waals surface area (Å²) in [7, 11) is 2.83. The predicted molar refractivity (Wildman–Crippen MR) is 146 cm³/mol. The number of carbonyl (C=O) groups is 2. The number of benzene rings is 1. The number of aryl methyl sites for hydroxylation is 2. The van der Waals surface area contributed by atoms with Gasteiger partial charge in [-0.1, -0.05) is 18.2 Å². The van der Waals surface area contributed by atoms with E-state index in [0.717, 1.165) is 34.0 Å². The van der Waals surface area contributed by atoms with Crippen LogP contribution in [0, 0.1) is 5.82 Å². The van der Waals surface area contributed by atoms with Gasteiger partial charge in [0.15, 0.2) is 17.3 Å². The van der Waals surface area contributed by atoms with E-state index in [4.69, 9.17) is 11.6 Å². The van der Waals surface area contributed by atoms with Gasteiger partial charge in [-0.15, -0.1) is 0 Å². The fourth-order valence-corrected chi connectivity index (χ4v) is 4.18. The second kappa shape index (κ2) is 13.5. The number of para-hydroxylation sites is 1. The molecule has 5 rings (SSSR count). The summed E-state index contributed by atoms with van der Waals surface area (Å²) in [6, 6.07) is 7.85. The Bertz CT molecular complexity index is 1880. The van der Waals surface area contributed by atoms with Crippen molar-refractivity contribution in [2.45, 2.75) is 19.0 Å². The Morgan fingerprint density at radius 3 is 2.00 bits per heavy atom. The average molecular weight is 675 g/mol. The topological polar surface area (TPSA) is 113 Å². The molecule has 242 valence electrons. The van der Waals surface area contributed by atoms with Crippen molar-refractivity contribution >= 4 is 28.4 Å². The number of hydrogen-bond acceptors (Lipinski definition) is 6. The molecule has 0 saturated heterocycles. The summed E-state index contributed by atoms with van der Waals surface area (Å²) >= 11 is 5.04. The smallest absolute Gasteiger partial charge is 0.321 e. The zero-order chi connectivity index (χ0) is 33.9. The number of rotatable bonds is 7. The molecule has 5 aromatic rings. The predicted octanol–water partition coefficient (Wildman–Crippen LogP) is 6.75. The van der Waals surface area contributed by atoms with Gasteiger partial charge in [-0.05, 0) is 29.8 Å². The maximum absolute atomic E-state index is 14.7. The fraction of sp³-hybridized carbons (Fsp3) is 0.185. The number of aromatic nitrogens is 7. The summed E-state index contributed by atoms with van der Waals surface area (Å²) in [6.07, 6.45) is -6.01. The van der Waals surface area contributed by atoms with Crippen molar-refractivity contribution in [2.75, 3.05) is 5.32 Å². The lowest BCUT2D eigenvalue weighted by atomic mass is 10.0. The molecular formula is C27H19ClF8N8O2. The number of halogens is 9. The molecular weight excluding hydrogens is 656 g/mol. The van der Waals surface area contributed by atoms with Crippen molar-refractivity contribution in [1.82, 2.24) is 34.3 Å². The number of hydrogen-bond donors (Lipinski definition) is 1. The molecule has 46 heavy (non-hydrogen) atoms. The van der Waals surface area contributed by atoms with Crippen LogP contribution in [-0.2, 0) is 20.3 Å². The van der Waals surface area contributed by atoms with Gasteiger partial charge >= 0.3 is 6.18 Å². The minimum atomic E-state index is -4.70. The Labute approximate surface area is 258 Å². The number of nitrogens with zero attached hydrogens (tertiary/aromatic N) is 7. The second-order valence-electron chi connectivity index (χ2n) is 9.25. The van der Waals surface area contributed by atoms with Crippen molar-refractivity contribution in [2.24, 2.45) is 14.1 Å². The van der Waals surface area contributed by atoms with Crippen LogP contribution < -0.4 is 5.32 Å². The summed E-state index contributed by atoms with van der Waals surface area (Å²) in [4.78, 5) is 27.1. The van der Waals surface area contributed by atoms with Crippen LogP contribution in [-0.4, -0.2) is 45.5 Å². The van der Waals surface area contributed by atoms with Crippen LogP contribution in [0.4, 0.5) is 40.8 Å². The van der Waals surface area contributed by atoms with Gasteiger partial charge in [0.1, 0.15) is 11.4 Å². The molecule has 10 nitrogen and oxygen atoms in total. The first-order valence-electron chi connectivity index (χ1n) is 12.6. The zero-order valence-electron chi connectivity index (χ0n) is 23.3. The molecule has 0 bridgehead atoms. The molecule has 0 saturated carbocycles. The monoisotopic (exact) mass is 674 g/mol. The molecule has 0 aliphatic rings. The van der Waals surface area contributed by atoms with Crippen LogP contribution >= 0.6 is 11.6 Å². The molecule has 0 fully saturated rings. The third-order valence-corrected chi connectivity index (χ3v) is 6.19. The van der Waals surface area contributed by atoms with Crippen molar-refractivity contribution in [3.8, 4) is 16.9 Å². The highest BCUT2D eigenvalue weighted by atomic mass is 35.5. The first kappa shape index (κ1) is 33.8. The van der Waals surface area contributed by atoms with Crippen LogP contribution in [0.2, 0.25) is 0 Å². The first-order valence-corrected chi connectivity index (χ1v) is 13.0. The minimum absolute atomic E-state index is 0.170. The van der Waals surface area contributed by atoms with E-state index < -0.39 is 58.9 Å². The highest BCUT2D eigenvalue weighted by Gasteiger charge is 2.34. The number of nitrogens with one attached hydrogen (secondary N) is 1. The highest BCUT2D eigenvalue weighted by molar-refractivity contribution is 6.67. The average Bonchev–Trinajstić information content (AvgIpc) is 3.72. The third kappa shape index (κ3) is 7.56. The summed E-state index contributed by atoms with van der Waals surface area (Å²) in [5.74, 6) is -2.28. The Morgan fingerprint density at radius 2 is 1.48 bits per heavy atom. The van der Waals surface area contributed by atoms with Crippen molar-refractivity contribution < 1.29 is 44.7 Å². The maximum atomic E-state index is 14.7. The molecule has 0 aliphatic carbocycles. The van der Waals surface area contributed by atoms with Gasteiger partial charge in [-0.25, -0.2) is 31.6 Å². The van der Waals surface area contributed by atoms with E-state index in [0.29, 0.717) is 16.3 Å². The minimum Gasteiger partial charge on any atom is -0.321 e. The van der Waals surface area contributed by atoms with E-state index in [1.54, 1.807) is 12.1 Å². The molecule has 4 aromatic heterocycles. The molecule has 1 N–H and O–H groups in total. The Morgan fingerprint density at radius 1 is 0.891 bits per heavy atom. The van der Waals surface area contributed by atoms with Crippen LogP contribution in [0.3, 0.4) is 0 Å². The quantitative estimate of drug-likeness (QED) is 0.151. The fourth-order valence-electron chi connectivity index (χ4n) is 4.03. The van der Waals surface area contributed by atoms with Crippen LogP contribution in [0.5, 0.6) is 0 Å². The molecule has 1 aromatic carbocycles. The molecule has 0 spiro atoms. The summed E-state index contributed by atoms with van der Waals surface area (Å²) in [5.41, 5.74) is -2.38. The van der Waals surface area contributed by atoms with E-state index in [1.807, 2.05) is 0 Å². The van der Waals surface area contributed by atoms with E-state index >= 15 is 0 Å². The Hall–Kier alpha value is -5.13. The third-order valence-electron chi connectivity index (χ3n) is 5.99. The largest absolute Gasteiger partial charge is 0.435 e. The lowest BCUT2D eigenvalue weighted by Gasteiger charge is -2.12. The number of alkyl halides is 7. The number of pyridine rings is 1. The molecule has 0 atom stereocenters. The van der Waals surface area contributed by atoms with Crippen molar-refractivity contribution in [3.05, 3.63) is 95.2 Å². The molecule has 1 amide bonds. The zero-order valence-corrected chi connectivity index (χ0v) is 24.0. The molecule has 19 heteroatoms. The lowest BCUT2D eigenvalue weighted by molar-refractivity contribution is -0.141. The second-order valence-corrected chi connectivity index (χ2v) is 9.59. The number of amides is 1. The number of anilines is 1. The van der Waals surface area contributed by atoms with Crippen LogP contribution in [0.25, 0.3) is 16.9 Å². The maximum Gasteiger partial charge on any atom is 0.435 e. The van der Waals surface area contributed by atoms with Gasteiger partial charge in [0.2, 0.25) is 0 Å². The molecule has 0 radical (unpaired) electrons. The molecule has 0 unspecified atom stereocenters. The first-order chi connectivity index (χ1) is 21.6. The Kier molecular flexibility index (Phi) is 9.89. The summed E-state index contributed by atoms with van der Waals surface area (Å²) < 4.78 is 107. The normalized spacial score (nSPS) is 11.5. The SMILES string of the molecule is Cn1cc(C(=O)Cl)c(C(F)F)n1.Cn1cc(C(=O)Nc2ccccc2-c2cnc(-n3ccc(C(F)(F)F)n3)c(F)c2)c(C(F)F)n1. The van der Waals surface area contributed by atoms with E-state index in [1.165, 1.54) is 32.4 Å². The summed E-state index contributed by atoms with van der Waals surface area (Å²) in [6.45, 7) is 0. The Balaban J connectivity index is 0.000000337. The van der Waals surface area contributed by atoms with E-state index in [9.17, 15) is 44.7 Å². The molecule has 4 heterocycles. The molecule has 0 aliphatic heterocycles. The van der Waals surface area contributed by atoms with Gasteiger partial charge in [0.25, 0.3) is 24.0 Å². The highest BCUT2D eigenvalue weighted by Crippen LogP contribution is 2.31. The van der Waals surface area contributed by atoms with Gasteiger partial charge in [0, 0.05) is 55.7 Å². The van der Waals surface area contributed by atoms with Gasteiger partial charge in [0.05, 0.1) is 11.1 Å².